The van der Waals surface area contributed by atoms with E-state index in [9.17, 15) is 0 Å². The van der Waals surface area contributed by atoms with Crippen molar-refractivity contribution in [2.75, 3.05) is 32.1 Å². The van der Waals surface area contributed by atoms with Crippen LogP contribution < -0.4 is 4.90 Å². The molecule has 7 heteroatoms. The minimum Gasteiger partial charge on any atom is -0.354 e. The van der Waals surface area contributed by atoms with Crippen LogP contribution in [0.1, 0.15) is 17.7 Å². The van der Waals surface area contributed by atoms with Crippen molar-refractivity contribution in [2.24, 2.45) is 0 Å². The molecule has 0 radical (unpaired) electrons. The lowest BCUT2D eigenvalue weighted by molar-refractivity contribution is 0.315. The molecule has 1 aliphatic rings. The number of imidazole rings is 2. The van der Waals surface area contributed by atoms with Crippen LogP contribution in [0.2, 0.25) is 0 Å². The summed E-state index contributed by atoms with van der Waals surface area (Å²) in [6.07, 6.45) is 9.79. The highest BCUT2D eigenvalue weighted by Crippen LogP contribution is 2.21. The fraction of sp³-hybridized carbons (Fsp3) is 0.350. The molecule has 4 aromatic rings. The molecule has 0 aromatic carbocycles. The van der Waals surface area contributed by atoms with Crippen molar-refractivity contribution in [3.05, 3.63) is 60.3 Å². The van der Waals surface area contributed by atoms with E-state index in [1.165, 1.54) is 12.0 Å². The van der Waals surface area contributed by atoms with Gasteiger partial charge in [0.1, 0.15) is 11.5 Å². The third-order valence-corrected chi connectivity index (χ3v) is 5.47. The smallest absolute Gasteiger partial charge is 0.153 e. The van der Waals surface area contributed by atoms with Crippen molar-refractivity contribution >= 4 is 17.1 Å². The van der Waals surface area contributed by atoms with Crippen LogP contribution in [0, 0.1) is 0 Å². The summed E-state index contributed by atoms with van der Waals surface area (Å²) in [4.78, 5) is 13.5. The molecule has 1 fully saturated rings. The zero-order valence-corrected chi connectivity index (χ0v) is 15.7. The van der Waals surface area contributed by atoms with E-state index in [1.807, 2.05) is 33.6 Å². The highest BCUT2D eigenvalue weighted by atomic mass is 15.3. The molecule has 0 saturated carbocycles. The number of likely N-dealkylation sites (N-methyl/N-ethyl adjacent to an activating group) is 1. The summed E-state index contributed by atoms with van der Waals surface area (Å²) in [6, 6.07) is 8.90. The van der Waals surface area contributed by atoms with Gasteiger partial charge in [-0.2, -0.15) is 0 Å². The average Bonchev–Trinajstić information content (AvgIpc) is 3.41. The van der Waals surface area contributed by atoms with Gasteiger partial charge in [0.2, 0.25) is 0 Å². The maximum absolute atomic E-state index is 4.90. The molecule has 27 heavy (non-hydrogen) atoms. The Morgan fingerprint density at radius 3 is 2.85 bits per heavy atom. The lowest BCUT2D eigenvalue weighted by Crippen LogP contribution is -2.31. The number of anilines is 1. The van der Waals surface area contributed by atoms with Crippen LogP contribution >= 0.6 is 0 Å². The van der Waals surface area contributed by atoms with E-state index in [4.69, 9.17) is 5.10 Å². The number of nitrogens with zero attached hydrogens (tertiary/aromatic N) is 7. The summed E-state index contributed by atoms with van der Waals surface area (Å²) in [7, 11) is 4.30. The third kappa shape index (κ3) is 2.94. The van der Waals surface area contributed by atoms with Gasteiger partial charge in [-0.05, 0) is 44.3 Å². The van der Waals surface area contributed by atoms with Crippen LogP contribution in [0.3, 0.4) is 0 Å². The zero-order chi connectivity index (χ0) is 18.4. The Morgan fingerprint density at radius 2 is 2.00 bits per heavy atom. The van der Waals surface area contributed by atoms with Gasteiger partial charge < -0.3 is 14.2 Å². The van der Waals surface area contributed by atoms with Gasteiger partial charge >= 0.3 is 0 Å². The van der Waals surface area contributed by atoms with Gasteiger partial charge in [-0.1, -0.05) is 6.07 Å². The zero-order valence-electron chi connectivity index (χ0n) is 15.7. The molecule has 4 aromatic heterocycles. The van der Waals surface area contributed by atoms with E-state index in [2.05, 4.69) is 58.3 Å². The molecular formula is C20H23N7. The Balaban J connectivity index is 1.44. The predicted molar refractivity (Wildman–Crippen MR) is 105 cm³/mol. The lowest BCUT2D eigenvalue weighted by Gasteiger charge is -2.21. The fourth-order valence-electron chi connectivity index (χ4n) is 3.85. The summed E-state index contributed by atoms with van der Waals surface area (Å²) in [5.74, 6) is 1.02. The van der Waals surface area contributed by atoms with Crippen molar-refractivity contribution in [1.82, 2.24) is 28.9 Å². The number of fused-ring (bicyclic) bond motifs is 2. The van der Waals surface area contributed by atoms with E-state index in [0.29, 0.717) is 6.04 Å². The largest absolute Gasteiger partial charge is 0.354 e. The molecule has 5 heterocycles. The topological polar surface area (TPSA) is 54.0 Å². The van der Waals surface area contributed by atoms with Gasteiger partial charge in [0, 0.05) is 44.1 Å². The van der Waals surface area contributed by atoms with Crippen molar-refractivity contribution in [2.45, 2.75) is 18.9 Å². The van der Waals surface area contributed by atoms with Crippen LogP contribution in [0.5, 0.6) is 0 Å². The molecule has 1 saturated heterocycles. The van der Waals surface area contributed by atoms with Gasteiger partial charge in [0.05, 0.1) is 11.9 Å². The van der Waals surface area contributed by atoms with E-state index < -0.39 is 0 Å². The van der Waals surface area contributed by atoms with Crippen LogP contribution in [0.25, 0.3) is 11.3 Å². The minimum absolute atomic E-state index is 0.590. The lowest BCUT2D eigenvalue weighted by atomic mass is 10.2. The summed E-state index contributed by atoms with van der Waals surface area (Å²) in [6.45, 7) is 2.06. The molecular weight excluding hydrogens is 338 g/mol. The Kier molecular flexibility index (Phi) is 3.82. The standard InChI is InChI=1S/C20H23N7/c1-24(2)16-7-9-25(14-16)20-6-5-19-22-12-17(27(19)23-20)11-15-3-4-18-21-8-10-26(18)13-15/h3-6,8,10,12-13,16H,7,9,11,14H2,1-2H3/t16-/m1/s1. The van der Waals surface area contributed by atoms with Crippen molar-refractivity contribution in [3.63, 3.8) is 0 Å². The summed E-state index contributed by atoms with van der Waals surface area (Å²) in [5.41, 5.74) is 4.15. The van der Waals surface area contributed by atoms with E-state index in [0.717, 1.165) is 42.3 Å². The van der Waals surface area contributed by atoms with Crippen molar-refractivity contribution in [3.8, 4) is 0 Å². The quantitative estimate of drug-likeness (QED) is 0.557. The normalized spacial score (nSPS) is 17.6. The SMILES string of the molecule is CN(C)[C@@H]1CCN(c2ccc3ncc(Cc4ccc5nccn5c4)n3n2)C1. The fourth-order valence-corrected chi connectivity index (χ4v) is 3.85. The molecule has 1 atom stereocenters. The van der Waals surface area contributed by atoms with Gasteiger partial charge in [-0.15, -0.1) is 5.10 Å². The number of rotatable bonds is 4. The first-order chi connectivity index (χ1) is 13.2. The summed E-state index contributed by atoms with van der Waals surface area (Å²) >= 11 is 0. The number of aromatic nitrogens is 5. The molecule has 0 aliphatic carbocycles. The summed E-state index contributed by atoms with van der Waals surface area (Å²) < 4.78 is 4.03. The second kappa shape index (κ2) is 6.35. The molecule has 7 nitrogen and oxygen atoms in total. The first kappa shape index (κ1) is 16.3. The third-order valence-electron chi connectivity index (χ3n) is 5.47. The van der Waals surface area contributed by atoms with Gasteiger partial charge in [-0.25, -0.2) is 14.5 Å². The molecule has 0 unspecified atom stereocenters. The maximum atomic E-state index is 4.90. The first-order valence-corrected chi connectivity index (χ1v) is 9.34. The van der Waals surface area contributed by atoms with Crippen molar-refractivity contribution in [1.29, 1.82) is 0 Å². The maximum Gasteiger partial charge on any atom is 0.153 e. The Morgan fingerprint density at radius 1 is 1.11 bits per heavy atom. The highest BCUT2D eigenvalue weighted by molar-refractivity contribution is 5.48. The van der Waals surface area contributed by atoms with Crippen molar-refractivity contribution < 1.29 is 0 Å². The molecule has 5 rings (SSSR count). The molecule has 1 aliphatic heterocycles. The number of pyridine rings is 1. The second-order valence-electron chi connectivity index (χ2n) is 7.47. The Bertz CT molecular complexity index is 1090. The molecule has 0 bridgehead atoms. The van der Waals surface area contributed by atoms with Crippen LogP contribution in [-0.4, -0.2) is 62.1 Å². The first-order valence-electron chi connectivity index (χ1n) is 9.34. The number of hydrogen-bond donors (Lipinski definition) is 0. The van der Waals surface area contributed by atoms with E-state index in [-0.39, 0.29) is 0 Å². The Labute approximate surface area is 157 Å². The predicted octanol–water partition coefficient (Wildman–Crippen LogP) is 2.11. The second-order valence-corrected chi connectivity index (χ2v) is 7.47. The van der Waals surface area contributed by atoms with Crippen LogP contribution in [0.4, 0.5) is 5.82 Å². The summed E-state index contributed by atoms with van der Waals surface area (Å²) in [5, 5.41) is 4.90. The average molecular weight is 361 g/mol. The number of hydrogen-bond acceptors (Lipinski definition) is 5. The van der Waals surface area contributed by atoms with E-state index >= 15 is 0 Å². The molecule has 138 valence electrons. The van der Waals surface area contributed by atoms with E-state index in [1.54, 1.807) is 0 Å². The monoisotopic (exact) mass is 361 g/mol. The highest BCUT2D eigenvalue weighted by Gasteiger charge is 2.25. The van der Waals surface area contributed by atoms with Gasteiger partial charge in [0.25, 0.3) is 0 Å². The molecule has 0 N–H and O–H groups in total. The Hall–Kier alpha value is -2.93. The van der Waals surface area contributed by atoms with Gasteiger partial charge in [-0.3, -0.25) is 0 Å². The van der Waals surface area contributed by atoms with Crippen LogP contribution in [0.15, 0.2) is 49.1 Å². The van der Waals surface area contributed by atoms with Gasteiger partial charge in [0.15, 0.2) is 5.65 Å². The molecule has 0 amide bonds. The minimum atomic E-state index is 0.590. The van der Waals surface area contributed by atoms with Crippen LogP contribution in [-0.2, 0) is 6.42 Å². The molecule has 0 spiro atoms.